The minimum Gasteiger partial charge on any atom is -0.468 e. The Morgan fingerprint density at radius 1 is 0.735 bits per heavy atom. The molecule has 0 aromatic heterocycles. The second-order valence-electron chi connectivity index (χ2n) is 6.94. The van der Waals surface area contributed by atoms with E-state index in [0.29, 0.717) is 17.1 Å². The van der Waals surface area contributed by atoms with Crippen LogP contribution in [-0.2, 0) is 9.53 Å². The van der Waals surface area contributed by atoms with Crippen molar-refractivity contribution in [2.24, 2.45) is 0 Å². The fraction of sp³-hybridized carbons (Fsp3) is 0.0714. The van der Waals surface area contributed by atoms with Crippen LogP contribution < -0.4 is 14.8 Å². The summed E-state index contributed by atoms with van der Waals surface area (Å²) in [5.41, 5.74) is 1.36. The number of carbonyl (C=O) groups is 2. The van der Waals surface area contributed by atoms with Crippen LogP contribution in [0.25, 0.3) is 0 Å². The Labute approximate surface area is 198 Å². The minimum atomic E-state index is -0.311. The molecule has 34 heavy (non-hydrogen) atoms. The van der Waals surface area contributed by atoms with Gasteiger partial charge in [-0.2, -0.15) is 0 Å². The summed E-state index contributed by atoms with van der Waals surface area (Å²) >= 11 is 0. The van der Waals surface area contributed by atoms with Gasteiger partial charge in [0.1, 0.15) is 29.5 Å². The highest BCUT2D eigenvalue weighted by Gasteiger charge is 2.03. The highest BCUT2D eigenvalue weighted by atomic mass is 16.5. The van der Waals surface area contributed by atoms with Gasteiger partial charge in [0.05, 0.1) is 12.7 Å². The summed E-state index contributed by atoms with van der Waals surface area (Å²) in [4.78, 5) is 21.8. The summed E-state index contributed by atoms with van der Waals surface area (Å²) in [7, 11) is 1.36. The van der Waals surface area contributed by atoms with Crippen molar-refractivity contribution in [2.45, 2.75) is 0 Å². The average Bonchev–Trinajstić information content (AvgIpc) is 2.89. The maximum absolute atomic E-state index is 11.0. The molecule has 0 saturated heterocycles. The molecular formula is C28H25NO5. The molecule has 4 aromatic carbocycles. The first kappa shape index (κ1) is 24.1. The van der Waals surface area contributed by atoms with Gasteiger partial charge in [-0.3, -0.25) is 9.59 Å². The summed E-state index contributed by atoms with van der Waals surface area (Å²) in [5.74, 6) is 2.48. The predicted octanol–water partition coefficient (Wildman–Crippen LogP) is 6.36. The van der Waals surface area contributed by atoms with Crippen molar-refractivity contribution < 1.29 is 23.8 Å². The SMILES string of the molecule is COC(=O)CNc1cccc(Oc2ccccc2)c1.O=Cc1ccccc1Oc1ccccc1. The van der Waals surface area contributed by atoms with Crippen LogP contribution in [0.4, 0.5) is 5.69 Å². The second kappa shape index (κ2) is 13.1. The van der Waals surface area contributed by atoms with Crippen LogP contribution in [0, 0.1) is 0 Å². The number of ether oxygens (including phenoxy) is 3. The Morgan fingerprint density at radius 3 is 1.97 bits per heavy atom. The van der Waals surface area contributed by atoms with Gasteiger partial charge in [0.2, 0.25) is 0 Å². The molecule has 0 heterocycles. The van der Waals surface area contributed by atoms with Crippen LogP contribution in [0.5, 0.6) is 23.0 Å². The topological polar surface area (TPSA) is 73.9 Å². The van der Waals surface area contributed by atoms with E-state index in [9.17, 15) is 9.59 Å². The maximum atomic E-state index is 11.0. The number of nitrogens with one attached hydrogen (secondary N) is 1. The standard InChI is InChI=1S/C15H15NO3.C13H10O2/c1-18-15(17)11-16-12-6-5-9-14(10-12)19-13-7-3-2-4-8-13;14-10-11-6-4-5-9-13(11)15-12-7-2-1-3-8-12/h2-10,16H,11H2,1H3;1-10H. The van der Waals surface area contributed by atoms with Crippen molar-refractivity contribution in [1.29, 1.82) is 0 Å². The van der Waals surface area contributed by atoms with Crippen molar-refractivity contribution in [1.82, 2.24) is 0 Å². The number of benzene rings is 4. The Bertz CT molecular complexity index is 1180. The molecule has 0 aliphatic heterocycles. The van der Waals surface area contributed by atoms with Crippen LogP contribution in [0.15, 0.2) is 109 Å². The van der Waals surface area contributed by atoms with E-state index in [2.05, 4.69) is 10.1 Å². The number of para-hydroxylation sites is 3. The van der Waals surface area contributed by atoms with Gasteiger partial charge in [-0.25, -0.2) is 0 Å². The molecule has 0 aliphatic rings. The van der Waals surface area contributed by atoms with Crippen LogP contribution in [0.1, 0.15) is 10.4 Å². The van der Waals surface area contributed by atoms with Gasteiger partial charge in [0.25, 0.3) is 0 Å². The molecular weight excluding hydrogens is 430 g/mol. The lowest BCUT2D eigenvalue weighted by Crippen LogP contribution is -2.14. The normalized spacial score (nSPS) is 9.68. The largest absolute Gasteiger partial charge is 0.468 e. The van der Waals surface area contributed by atoms with E-state index in [1.54, 1.807) is 12.1 Å². The second-order valence-corrected chi connectivity index (χ2v) is 6.94. The van der Waals surface area contributed by atoms with Crippen molar-refractivity contribution in [3.8, 4) is 23.0 Å². The van der Waals surface area contributed by atoms with Crippen molar-refractivity contribution in [3.05, 3.63) is 115 Å². The molecule has 1 N–H and O–H groups in total. The third-order valence-electron chi connectivity index (χ3n) is 4.49. The number of rotatable bonds is 8. The number of hydrogen-bond acceptors (Lipinski definition) is 6. The number of aldehydes is 1. The highest BCUT2D eigenvalue weighted by Crippen LogP contribution is 2.24. The monoisotopic (exact) mass is 455 g/mol. The lowest BCUT2D eigenvalue weighted by atomic mass is 10.2. The summed E-state index contributed by atoms with van der Waals surface area (Å²) in [6.45, 7) is 0.130. The van der Waals surface area contributed by atoms with E-state index in [0.717, 1.165) is 23.5 Å². The molecule has 4 rings (SSSR count). The molecule has 0 bridgehead atoms. The molecule has 0 aliphatic carbocycles. The first-order valence-corrected chi connectivity index (χ1v) is 10.6. The smallest absolute Gasteiger partial charge is 0.325 e. The van der Waals surface area contributed by atoms with E-state index >= 15 is 0 Å². The molecule has 0 spiro atoms. The summed E-state index contributed by atoms with van der Waals surface area (Å²) in [6, 6.07) is 33.5. The molecule has 172 valence electrons. The van der Waals surface area contributed by atoms with Gasteiger partial charge in [-0.05, 0) is 48.5 Å². The van der Waals surface area contributed by atoms with E-state index in [-0.39, 0.29) is 12.5 Å². The highest BCUT2D eigenvalue weighted by molar-refractivity contribution is 5.79. The number of hydrogen-bond donors (Lipinski definition) is 1. The van der Waals surface area contributed by atoms with Crippen molar-refractivity contribution in [2.75, 3.05) is 19.0 Å². The third kappa shape index (κ3) is 7.84. The number of methoxy groups -OCH3 is 1. The molecule has 0 amide bonds. The molecule has 6 nitrogen and oxygen atoms in total. The third-order valence-corrected chi connectivity index (χ3v) is 4.49. The van der Waals surface area contributed by atoms with Crippen molar-refractivity contribution >= 4 is 17.9 Å². The Morgan fingerprint density at radius 2 is 1.32 bits per heavy atom. The molecule has 0 radical (unpaired) electrons. The fourth-order valence-corrected chi connectivity index (χ4v) is 2.83. The summed E-state index contributed by atoms with van der Waals surface area (Å²) < 4.78 is 15.8. The van der Waals surface area contributed by atoms with Crippen LogP contribution in [-0.4, -0.2) is 25.9 Å². The quantitative estimate of drug-likeness (QED) is 0.246. The van der Waals surface area contributed by atoms with Gasteiger partial charge in [0.15, 0.2) is 6.29 Å². The lowest BCUT2D eigenvalue weighted by Gasteiger charge is -2.08. The van der Waals surface area contributed by atoms with Crippen LogP contribution in [0.3, 0.4) is 0 Å². The van der Waals surface area contributed by atoms with Gasteiger partial charge >= 0.3 is 5.97 Å². The number of esters is 1. The number of carbonyl (C=O) groups excluding carboxylic acids is 2. The Hall–Kier alpha value is -4.58. The molecule has 4 aromatic rings. The van der Waals surface area contributed by atoms with E-state index in [1.165, 1.54) is 7.11 Å². The number of anilines is 1. The zero-order valence-electron chi connectivity index (χ0n) is 18.7. The minimum absolute atomic E-state index is 0.130. The molecule has 0 atom stereocenters. The van der Waals surface area contributed by atoms with Gasteiger partial charge in [-0.1, -0.05) is 54.6 Å². The molecule has 0 fully saturated rings. The summed E-state index contributed by atoms with van der Waals surface area (Å²) in [5, 5.41) is 2.97. The Kier molecular flexibility index (Phi) is 9.26. The van der Waals surface area contributed by atoms with E-state index in [4.69, 9.17) is 9.47 Å². The van der Waals surface area contributed by atoms with Gasteiger partial charge < -0.3 is 19.5 Å². The lowest BCUT2D eigenvalue weighted by molar-refractivity contribution is -0.138. The van der Waals surface area contributed by atoms with E-state index in [1.807, 2.05) is 97.1 Å². The molecule has 0 saturated carbocycles. The Balaban J connectivity index is 0.000000196. The first-order chi connectivity index (χ1) is 16.7. The van der Waals surface area contributed by atoms with Crippen molar-refractivity contribution in [3.63, 3.8) is 0 Å². The fourth-order valence-electron chi connectivity index (χ4n) is 2.83. The average molecular weight is 456 g/mol. The zero-order valence-corrected chi connectivity index (χ0v) is 18.7. The van der Waals surface area contributed by atoms with Gasteiger partial charge in [0, 0.05) is 11.8 Å². The molecule has 6 heteroatoms. The first-order valence-electron chi connectivity index (χ1n) is 10.6. The zero-order chi connectivity index (χ0) is 24.0. The van der Waals surface area contributed by atoms with Gasteiger partial charge in [-0.15, -0.1) is 0 Å². The van der Waals surface area contributed by atoms with E-state index < -0.39 is 0 Å². The van der Waals surface area contributed by atoms with Crippen LogP contribution in [0.2, 0.25) is 0 Å². The summed E-state index contributed by atoms with van der Waals surface area (Å²) in [6.07, 6.45) is 0.790. The predicted molar refractivity (Wildman–Crippen MR) is 132 cm³/mol. The maximum Gasteiger partial charge on any atom is 0.325 e. The van der Waals surface area contributed by atoms with Crippen LogP contribution >= 0.6 is 0 Å². The molecule has 0 unspecified atom stereocenters.